The molecule has 72 valence electrons. The third-order valence-corrected chi connectivity index (χ3v) is 2.81. The molecule has 6 heteroatoms. The van der Waals surface area contributed by atoms with E-state index in [0.29, 0.717) is 21.7 Å². The molecule has 0 aliphatic rings. The number of aryl methyl sites for hydroxylation is 1. The fourth-order valence-electron chi connectivity index (χ4n) is 1.18. The van der Waals surface area contributed by atoms with E-state index in [0.717, 1.165) is 11.3 Å². The van der Waals surface area contributed by atoms with Gasteiger partial charge in [0.2, 0.25) is 0 Å². The van der Waals surface area contributed by atoms with Gasteiger partial charge in [-0.2, -0.15) is 0 Å². The average molecular weight is 209 g/mol. The number of aromatic carboxylic acids is 1. The number of fused-ring (bicyclic) bond motifs is 1. The highest BCUT2D eigenvalue weighted by Crippen LogP contribution is 2.31. The minimum atomic E-state index is -1.00. The van der Waals surface area contributed by atoms with Crippen LogP contribution < -0.4 is 5.73 Å². The first-order chi connectivity index (χ1) is 6.59. The van der Waals surface area contributed by atoms with E-state index in [1.54, 1.807) is 13.1 Å². The molecule has 0 aromatic carbocycles. The van der Waals surface area contributed by atoms with Crippen molar-refractivity contribution >= 4 is 33.2 Å². The first-order valence-corrected chi connectivity index (χ1v) is 4.66. The number of thiophene rings is 1. The smallest absolute Gasteiger partial charge is 0.348 e. The maximum absolute atomic E-state index is 10.8. The highest BCUT2D eigenvalue weighted by Gasteiger charge is 2.16. The number of aromatic nitrogens is 2. The van der Waals surface area contributed by atoms with Crippen LogP contribution in [0.1, 0.15) is 15.5 Å². The Hall–Kier alpha value is -1.69. The first kappa shape index (κ1) is 8.89. The Labute approximate surface area is 83.2 Å². The van der Waals surface area contributed by atoms with E-state index in [1.807, 2.05) is 0 Å². The molecule has 0 saturated heterocycles. The maximum atomic E-state index is 10.8. The van der Waals surface area contributed by atoms with Gasteiger partial charge in [-0.05, 0) is 6.92 Å². The molecule has 0 spiro atoms. The Kier molecular flexibility index (Phi) is 1.85. The van der Waals surface area contributed by atoms with Gasteiger partial charge in [-0.25, -0.2) is 14.8 Å². The average Bonchev–Trinajstić information content (AvgIpc) is 2.43. The maximum Gasteiger partial charge on any atom is 0.348 e. The zero-order valence-corrected chi connectivity index (χ0v) is 8.13. The molecule has 3 N–H and O–H groups in total. The minimum absolute atomic E-state index is 0.169. The van der Waals surface area contributed by atoms with Crippen LogP contribution in [-0.4, -0.2) is 21.0 Å². The van der Waals surface area contributed by atoms with E-state index in [1.165, 1.54) is 0 Å². The Bertz CT molecular complexity index is 521. The van der Waals surface area contributed by atoms with Crippen molar-refractivity contribution in [2.24, 2.45) is 0 Å². The summed E-state index contributed by atoms with van der Waals surface area (Å²) in [5.74, 6) is -0.465. The lowest BCUT2D eigenvalue weighted by atomic mass is 10.3. The number of nitrogens with zero attached hydrogens (tertiary/aromatic N) is 2. The van der Waals surface area contributed by atoms with Crippen LogP contribution in [0.25, 0.3) is 10.9 Å². The van der Waals surface area contributed by atoms with Gasteiger partial charge in [-0.15, -0.1) is 11.3 Å². The second-order valence-electron chi connectivity index (χ2n) is 2.78. The molecule has 2 aromatic rings. The van der Waals surface area contributed by atoms with Gasteiger partial charge in [-0.1, -0.05) is 0 Å². The van der Waals surface area contributed by atoms with Crippen molar-refractivity contribution in [1.29, 1.82) is 0 Å². The predicted molar refractivity (Wildman–Crippen MR) is 53.5 cm³/mol. The number of nitrogen functional groups attached to an aromatic ring is 1. The molecule has 2 rings (SSSR count). The third kappa shape index (κ3) is 1.20. The summed E-state index contributed by atoms with van der Waals surface area (Å²) in [6.45, 7) is 1.71. The molecule has 2 aromatic heterocycles. The molecule has 0 saturated carbocycles. The van der Waals surface area contributed by atoms with Crippen LogP contribution in [0.4, 0.5) is 5.00 Å². The van der Waals surface area contributed by atoms with Gasteiger partial charge in [0, 0.05) is 6.20 Å². The van der Waals surface area contributed by atoms with Crippen molar-refractivity contribution in [3.05, 3.63) is 16.9 Å². The molecule has 0 aliphatic heterocycles. The largest absolute Gasteiger partial charge is 0.477 e. The van der Waals surface area contributed by atoms with E-state index in [-0.39, 0.29) is 4.88 Å². The van der Waals surface area contributed by atoms with Crippen molar-refractivity contribution < 1.29 is 9.90 Å². The molecule has 0 amide bonds. The zero-order chi connectivity index (χ0) is 10.3. The zero-order valence-electron chi connectivity index (χ0n) is 7.31. The minimum Gasteiger partial charge on any atom is -0.477 e. The summed E-state index contributed by atoms with van der Waals surface area (Å²) in [6.07, 6.45) is 1.55. The number of hydrogen-bond acceptors (Lipinski definition) is 5. The Morgan fingerprint density at radius 2 is 2.36 bits per heavy atom. The van der Waals surface area contributed by atoms with E-state index in [9.17, 15) is 4.79 Å². The van der Waals surface area contributed by atoms with Crippen molar-refractivity contribution in [3.8, 4) is 0 Å². The lowest BCUT2D eigenvalue weighted by molar-refractivity contribution is 0.0704. The summed E-state index contributed by atoms with van der Waals surface area (Å²) in [6, 6.07) is 0. The number of anilines is 1. The number of carboxylic acid groups (broad SMARTS) is 1. The lowest BCUT2D eigenvalue weighted by Gasteiger charge is -1.93. The second-order valence-corrected chi connectivity index (χ2v) is 3.83. The van der Waals surface area contributed by atoms with E-state index >= 15 is 0 Å². The number of rotatable bonds is 1. The van der Waals surface area contributed by atoms with Crippen molar-refractivity contribution in [3.63, 3.8) is 0 Å². The molecule has 0 aliphatic carbocycles. The van der Waals surface area contributed by atoms with Crippen LogP contribution in [0.3, 0.4) is 0 Å². The predicted octanol–water partition coefficient (Wildman–Crippen LogP) is 1.28. The summed E-state index contributed by atoms with van der Waals surface area (Å²) < 4.78 is 0. The van der Waals surface area contributed by atoms with Crippen molar-refractivity contribution in [2.75, 3.05) is 5.73 Å². The van der Waals surface area contributed by atoms with Gasteiger partial charge in [-0.3, -0.25) is 0 Å². The molecule has 0 fully saturated rings. The van der Waals surface area contributed by atoms with Crippen LogP contribution in [0, 0.1) is 6.92 Å². The van der Waals surface area contributed by atoms with Crippen LogP contribution in [0.5, 0.6) is 0 Å². The van der Waals surface area contributed by atoms with Gasteiger partial charge >= 0.3 is 5.97 Å². The quantitative estimate of drug-likeness (QED) is 0.738. The van der Waals surface area contributed by atoms with Gasteiger partial charge in [0.1, 0.15) is 16.2 Å². The topological polar surface area (TPSA) is 89.1 Å². The number of carbonyl (C=O) groups is 1. The summed E-state index contributed by atoms with van der Waals surface area (Å²) in [5.41, 5.74) is 6.06. The van der Waals surface area contributed by atoms with Gasteiger partial charge in [0.15, 0.2) is 0 Å². The summed E-state index contributed by atoms with van der Waals surface area (Å²) in [7, 11) is 0. The van der Waals surface area contributed by atoms with E-state index in [2.05, 4.69) is 9.97 Å². The van der Waals surface area contributed by atoms with Crippen LogP contribution >= 0.6 is 11.3 Å². The SMILES string of the molecule is Cc1ncc2c(N)sc(C(=O)O)c2n1. The highest BCUT2D eigenvalue weighted by atomic mass is 32.1. The standard InChI is InChI=1S/C8H7N3O2S/c1-3-10-2-4-5(11-3)6(8(12)13)14-7(4)9/h2H,9H2,1H3,(H,12,13). The van der Waals surface area contributed by atoms with E-state index < -0.39 is 5.97 Å². The van der Waals surface area contributed by atoms with Gasteiger partial charge < -0.3 is 10.8 Å². The monoisotopic (exact) mass is 209 g/mol. The number of hydrogen-bond donors (Lipinski definition) is 2. The Morgan fingerprint density at radius 3 is 3.00 bits per heavy atom. The Balaban J connectivity index is 2.85. The normalized spacial score (nSPS) is 10.6. The third-order valence-electron chi connectivity index (χ3n) is 1.80. The fraction of sp³-hybridized carbons (Fsp3) is 0.125. The summed E-state index contributed by atoms with van der Waals surface area (Å²) in [5, 5.41) is 9.93. The molecule has 0 radical (unpaired) electrons. The van der Waals surface area contributed by atoms with E-state index in [4.69, 9.17) is 10.8 Å². The highest BCUT2D eigenvalue weighted by molar-refractivity contribution is 7.19. The van der Waals surface area contributed by atoms with Gasteiger partial charge in [0.25, 0.3) is 0 Å². The summed E-state index contributed by atoms with van der Waals surface area (Å²) >= 11 is 1.02. The van der Waals surface area contributed by atoms with Crippen LogP contribution in [0.2, 0.25) is 0 Å². The number of carboxylic acids is 1. The second kappa shape index (κ2) is 2.91. The Morgan fingerprint density at radius 1 is 1.64 bits per heavy atom. The first-order valence-electron chi connectivity index (χ1n) is 3.84. The van der Waals surface area contributed by atoms with Crippen molar-refractivity contribution in [2.45, 2.75) is 6.92 Å². The molecule has 14 heavy (non-hydrogen) atoms. The number of nitrogens with two attached hydrogens (primary N) is 1. The lowest BCUT2D eigenvalue weighted by Crippen LogP contribution is -1.95. The molecule has 0 unspecified atom stereocenters. The molecule has 0 bridgehead atoms. The fourth-order valence-corrected chi connectivity index (χ4v) is 2.00. The molecule has 5 nitrogen and oxygen atoms in total. The van der Waals surface area contributed by atoms with Crippen LogP contribution in [-0.2, 0) is 0 Å². The van der Waals surface area contributed by atoms with Crippen molar-refractivity contribution in [1.82, 2.24) is 9.97 Å². The molecular formula is C8H7N3O2S. The molecule has 2 heterocycles. The molecule has 0 atom stereocenters. The summed E-state index contributed by atoms with van der Waals surface area (Å²) in [4.78, 5) is 19.0. The van der Waals surface area contributed by atoms with Gasteiger partial charge in [0.05, 0.1) is 10.4 Å². The van der Waals surface area contributed by atoms with Crippen LogP contribution in [0.15, 0.2) is 6.20 Å². The molecular weight excluding hydrogens is 202 g/mol.